The molecule has 0 aliphatic heterocycles. The van der Waals surface area contributed by atoms with Crippen molar-refractivity contribution < 1.29 is 0 Å². The Hall–Kier alpha value is -0.670. The SMILES string of the molecule is CCCNCc1nc(Cl)c2c(n1)CCC(C)(C)C2. The number of aryl methyl sites for hydroxylation is 1. The summed E-state index contributed by atoms with van der Waals surface area (Å²) in [5.41, 5.74) is 2.64. The van der Waals surface area contributed by atoms with E-state index < -0.39 is 0 Å². The zero-order valence-corrected chi connectivity index (χ0v) is 12.3. The highest BCUT2D eigenvalue weighted by Gasteiger charge is 2.28. The average molecular weight is 268 g/mol. The quantitative estimate of drug-likeness (QED) is 0.673. The van der Waals surface area contributed by atoms with Gasteiger partial charge in [0.25, 0.3) is 0 Å². The van der Waals surface area contributed by atoms with Crippen molar-refractivity contribution in [2.45, 2.75) is 53.0 Å². The third-order valence-electron chi connectivity index (χ3n) is 3.49. The minimum Gasteiger partial charge on any atom is -0.310 e. The van der Waals surface area contributed by atoms with E-state index in [9.17, 15) is 0 Å². The summed E-state index contributed by atoms with van der Waals surface area (Å²) in [5.74, 6) is 0.826. The van der Waals surface area contributed by atoms with Crippen molar-refractivity contribution >= 4 is 11.6 Å². The normalized spacial score (nSPS) is 17.6. The second kappa shape index (κ2) is 5.54. The molecule has 1 heterocycles. The Morgan fingerprint density at radius 1 is 1.33 bits per heavy atom. The summed E-state index contributed by atoms with van der Waals surface area (Å²) in [4.78, 5) is 9.07. The molecule has 0 unspecified atom stereocenters. The Balaban J connectivity index is 2.17. The Labute approximate surface area is 114 Å². The fraction of sp³-hybridized carbons (Fsp3) is 0.714. The molecule has 1 aliphatic carbocycles. The van der Waals surface area contributed by atoms with Gasteiger partial charge in [0.1, 0.15) is 11.0 Å². The predicted octanol–water partition coefficient (Wildman–Crippen LogP) is 3.14. The monoisotopic (exact) mass is 267 g/mol. The molecule has 100 valence electrons. The van der Waals surface area contributed by atoms with Gasteiger partial charge in [0.15, 0.2) is 0 Å². The van der Waals surface area contributed by atoms with Crippen molar-refractivity contribution in [3.8, 4) is 0 Å². The van der Waals surface area contributed by atoms with Crippen LogP contribution in [-0.2, 0) is 19.4 Å². The molecular formula is C14H22ClN3. The van der Waals surface area contributed by atoms with Crippen molar-refractivity contribution in [3.63, 3.8) is 0 Å². The first-order valence-electron chi connectivity index (χ1n) is 6.77. The molecule has 1 N–H and O–H groups in total. The van der Waals surface area contributed by atoms with Gasteiger partial charge in [-0.25, -0.2) is 9.97 Å². The molecule has 1 aromatic rings. The van der Waals surface area contributed by atoms with Crippen LogP contribution in [0.3, 0.4) is 0 Å². The third kappa shape index (κ3) is 3.21. The van der Waals surface area contributed by atoms with Crippen LogP contribution in [0.25, 0.3) is 0 Å². The molecule has 0 radical (unpaired) electrons. The number of nitrogens with one attached hydrogen (secondary N) is 1. The van der Waals surface area contributed by atoms with E-state index in [1.165, 1.54) is 6.42 Å². The molecule has 4 heteroatoms. The highest BCUT2D eigenvalue weighted by molar-refractivity contribution is 6.30. The molecular weight excluding hydrogens is 246 g/mol. The minimum absolute atomic E-state index is 0.321. The van der Waals surface area contributed by atoms with E-state index in [-0.39, 0.29) is 0 Å². The maximum absolute atomic E-state index is 6.31. The van der Waals surface area contributed by atoms with Crippen molar-refractivity contribution in [3.05, 3.63) is 22.2 Å². The number of hydrogen-bond donors (Lipinski definition) is 1. The molecule has 0 amide bonds. The van der Waals surface area contributed by atoms with Gasteiger partial charge < -0.3 is 5.32 Å². The number of aromatic nitrogens is 2. The van der Waals surface area contributed by atoms with Crippen LogP contribution in [0.15, 0.2) is 0 Å². The van der Waals surface area contributed by atoms with Crippen LogP contribution in [0.2, 0.25) is 5.15 Å². The van der Waals surface area contributed by atoms with Gasteiger partial charge >= 0.3 is 0 Å². The maximum atomic E-state index is 6.31. The lowest BCUT2D eigenvalue weighted by molar-refractivity contribution is 0.311. The van der Waals surface area contributed by atoms with Crippen LogP contribution in [0, 0.1) is 5.41 Å². The molecule has 0 bridgehead atoms. The lowest BCUT2D eigenvalue weighted by Crippen LogP contribution is -2.25. The van der Waals surface area contributed by atoms with E-state index in [2.05, 4.69) is 36.1 Å². The summed E-state index contributed by atoms with van der Waals surface area (Å²) in [6.07, 6.45) is 4.30. The summed E-state index contributed by atoms with van der Waals surface area (Å²) in [6, 6.07) is 0. The highest BCUT2D eigenvalue weighted by atomic mass is 35.5. The number of hydrogen-bond acceptors (Lipinski definition) is 3. The van der Waals surface area contributed by atoms with E-state index in [0.717, 1.165) is 42.9 Å². The average Bonchev–Trinajstić information content (AvgIpc) is 2.30. The summed E-state index contributed by atoms with van der Waals surface area (Å²) in [7, 11) is 0. The summed E-state index contributed by atoms with van der Waals surface area (Å²) < 4.78 is 0. The van der Waals surface area contributed by atoms with Crippen molar-refractivity contribution in [2.75, 3.05) is 6.54 Å². The van der Waals surface area contributed by atoms with Gasteiger partial charge in [0, 0.05) is 11.3 Å². The fourth-order valence-electron chi connectivity index (χ4n) is 2.41. The Morgan fingerprint density at radius 2 is 2.11 bits per heavy atom. The van der Waals surface area contributed by atoms with Crippen LogP contribution < -0.4 is 5.32 Å². The summed E-state index contributed by atoms with van der Waals surface area (Å²) in [5, 5.41) is 3.97. The van der Waals surface area contributed by atoms with Gasteiger partial charge in [-0.3, -0.25) is 0 Å². The Bertz CT molecular complexity index is 429. The maximum Gasteiger partial charge on any atom is 0.144 e. The first-order valence-corrected chi connectivity index (χ1v) is 7.14. The lowest BCUT2D eigenvalue weighted by atomic mass is 9.76. The van der Waals surface area contributed by atoms with E-state index in [0.29, 0.717) is 17.1 Å². The van der Waals surface area contributed by atoms with E-state index in [1.54, 1.807) is 0 Å². The van der Waals surface area contributed by atoms with Crippen LogP contribution in [0.4, 0.5) is 0 Å². The molecule has 0 spiro atoms. The van der Waals surface area contributed by atoms with Gasteiger partial charge in [-0.15, -0.1) is 0 Å². The van der Waals surface area contributed by atoms with Crippen molar-refractivity contribution in [1.29, 1.82) is 0 Å². The fourth-order valence-corrected chi connectivity index (χ4v) is 2.68. The number of rotatable bonds is 4. The predicted molar refractivity (Wildman–Crippen MR) is 74.8 cm³/mol. The Kier molecular flexibility index (Phi) is 4.23. The zero-order chi connectivity index (χ0) is 13.2. The standard InChI is InChI=1S/C14H22ClN3/c1-4-7-16-9-12-17-11-5-6-14(2,3)8-10(11)13(15)18-12/h16H,4-9H2,1-3H3. The molecule has 1 aliphatic rings. The topological polar surface area (TPSA) is 37.8 Å². The van der Waals surface area contributed by atoms with Crippen LogP contribution in [-0.4, -0.2) is 16.5 Å². The second-order valence-electron chi connectivity index (χ2n) is 5.87. The molecule has 1 aromatic heterocycles. The zero-order valence-electron chi connectivity index (χ0n) is 11.5. The van der Waals surface area contributed by atoms with Crippen molar-refractivity contribution in [1.82, 2.24) is 15.3 Å². The van der Waals surface area contributed by atoms with E-state index >= 15 is 0 Å². The summed E-state index contributed by atoms with van der Waals surface area (Å²) in [6.45, 7) is 8.41. The lowest BCUT2D eigenvalue weighted by Gasteiger charge is -2.31. The molecule has 0 saturated carbocycles. The van der Waals surface area contributed by atoms with E-state index in [4.69, 9.17) is 11.6 Å². The second-order valence-corrected chi connectivity index (χ2v) is 6.23. The smallest absolute Gasteiger partial charge is 0.144 e. The molecule has 2 rings (SSSR count). The first kappa shape index (κ1) is 13.8. The van der Waals surface area contributed by atoms with Gasteiger partial charge in [-0.1, -0.05) is 32.4 Å². The molecule has 0 fully saturated rings. The summed E-state index contributed by atoms with van der Waals surface area (Å²) >= 11 is 6.31. The van der Waals surface area contributed by atoms with Gasteiger partial charge in [-0.2, -0.15) is 0 Å². The Morgan fingerprint density at radius 3 is 2.83 bits per heavy atom. The van der Waals surface area contributed by atoms with Crippen LogP contribution in [0.5, 0.6) is 0 Å². The van der Waals surface area contributed by atoms with Gasteiger partial charge in [0.2, 0.25) is 0 Å². The third-order valence-corrected chi connectivity index (χ3v) is 3.81. The highest BCUT2D eigenvalue weighted by Crippen LogP contribution is 2.36. The van der Waals surface area contributed by atoms with Gasteiger partial charge in [-0.05, 0) is 37.6 Å². The molecule has 0 saturated heterocycles. The van der Waals surface area contributed by atoms with Gasteiger partial charge in [0.05, 0.1) is 6.54 Å². The first-order chi connectivity index (χ1) is 8.52. The largest absolute Gasteiger partial charge is 0.310 e. The van der Waals surface area contributed by atoms with Crippen LogP contribution in [0.1, 0.15) is 50.7 Å². The number of nitrogens with zero attached hydrogens (tertiary/aromatic N) is 2. The molecule has 3 nitrogen and oxygen atoms in total. The molecule has 0 aromatic carbocycles. The van der Waals surface area contributed by atoms with Crippen molar-refractivity contribution in [2.24, 2.45) is 5.41 Å². The molecule has 0 atom stereocenters. The minimum atomic E-state index is 0.321. The van der Waals surface area contributed by atoms with Crippen LogP contribution >= 0.6 is 11.6 Å². The van der Waals surface area contributed by atoms with E-state index in [1.807, 2.05) is 0 Å². The number of halogens is 1. The number of fused-ring (bicyclic) bond motifs is 1. The molecule has 18 heavy (non-hydrogen) atoms.